The molecule has 0 aliphatic carbocycles. The van der Waals surface area contributed by atoms with E-state index in [1.54, 1.807) is 30.1 Å². The van der Waals surface area contributed by atoms with Crippen LogP contribution in [0, 0.1) is 0 Å². The van der Waals surface area contributed by atoms with E-state index in [1.165, 1.54) is 6.20 Å². The van der Waals surface area contributed by atoms with Crippen molar-refractivity contribution < 1.29 is 9.53 Å². The summed E-state index contributed by atoms with van der Waals surface area (Å²) >= 11 is 0. The van der Waals surface area contributed by atoms with Gasteiger partial charge in [-0.2, -0.15) is 5.10 Å². The predicted molar refractivity (Wildman–Crippen MR) is 80.5 cm³/mol. The van der Waals surface area contributed by atoms with Crippen molar-refractivity contribution in [1.29, 1.82) is 0 Å². The zero-order chi connectivity index (χ0) is 15.4. The van der Waals surface area contributed by atoms with Gasteiger partial charge in [-0.15, -0.1) is 0 Å². The van der Waals surface area contributed by atoms with Crippen LogP contribution in [0.1, 0.15) is 17.4 Å². The standard InChI is InChI=1S/C16H14N4O2/c1-2-22-16(21)15-14(17-10-11-18-15)13-8-9-19-20(13)12-6-4-3-5-7-12/h3-11H,2H2,1H3. The Hall–Kier alpha value is -3.02. The van der Waals surface area contributed by atoms with Crippen molar-refractivity contribution in [3.05, 3.63) is 60.7 Å². The highest BCUT2D eigenvalue weighted by atomic mass is 16.5. The summed E-state index contributed by atoms with van der Waals surface area (Å²) in [4.78, 5) is 20.5. The third kappa shape index (κ3) is 2.58. The lowest BCUT2D eigenvalue weighted by molar-refractivity contribution is 0.0520. The smallest absolute Gasteiger partial charge is 0.359 e. The van der Waals surface area contributed by atoms with Gasteiger partial charge in [0.25, 0.3) is 0 Å². The molecule has 110 valence electrons. The van der Waals surface area contributed by atoms with Crippen molar-refractivity contribution in [2.75, 3.05) is 6.61 Å². The van der Waals surface area contributed by atoms with Crippen molar-refractivity contribution in [1.82, 2.24) is 19.7 Å². The van der Waals surface area contributed by atoms with Crippen LogP contribution in [0.15, 0.2) is 55.0 Å². The number of nitrogens with zero attached hydrogens (tertiary/aromatic N) is 4. The van der Waals surface area contributed by atoms with Crippen LogP contribution in [0.5, 0.6) is 0 Å². The van der Waals surface area contributed by atoms with Gasteiger partial charge in [-0.05, 0) is 25.1 Å². The fourth-order valence-corrected chi connectivity index (χ4v) is 2.13. The fraction of sp³-hybridized carbons (Fsp3) is 0.125. The van der Waals surface area contributed by atoms with E-state index in [0.717, 1.165) is 5.69 Å². The van der Waals surface area contributed by atoms with E-state index in [9.17, 15) is 4.79 Å². The van der Waals surface area contributed by atoms with Crippen molar-refractivity contribution in [2.24, 2.45) is 0 Å². The number of carbonyl (C=O) groups is 1. The number of hydrogen-bond acceptors (Lipinski definition) is 5. The highest BCUT2D eigenvalue weighted by Gasteiger charge is 2.20. The topological polar surface area (TPSA) is 69.9 Å². The van der Waals surface area contributed by atoms with Gasteiger partial charge in [-0.1, -0.05) is 18.2 Å². The van der Waals surface area contributed by atoms with Gasteiger partial charge in [0.2, 0.25) is 0 Å². The molecular formula is C16H14N4O2. The molecule has 6 heteroatoms. The molecule has 0 aliphatic heterocycles. The van der Waals surface area contributed by atoms with Crippen LogP contribution >= 0.6 is 0 Å². The SMILES string of the molecule is CCOC(=O)c1nccnc1-c1ccnn1-c1ccccc1. The Morgan fingerprint density at radius 3 is 2.64 bits per heavy atom. The average molecular weight is 294 g/mol. The van der Waals surface area contributed by atoms with Crippen molar-refractivity contribution in [2.45, 2.75) is 6.92 Å². The van der Waals surface area contributed by atoms with Crippen molar-refractivity contribution in [3.63, 3.8) is 0 Å². The Labute approximate surface area is 127 Å². The number of esters is 1. The van der Waals surface area contributed by atoms with E-state index >= 15 is 0 Å². The van der Waals surface area contributed by atoms with Crippen LogP contribution in [-0.2, 0) is 4.74 Å². The Morgan fingerprint density at radius 1 is 1.09 bits per heavy atom. The molecule has 22 heavy (non-hydrogen) atoms. The third-order valence-electron chi connectivity index (χ3n) is 3.05. The van der Waals surface area contributed by atoms with E-state index in [2.05, 4.69) is 15.1 Å². The minimum Gasteiger partial charge on any atom is -0.461 e. The molecule has 0 spiro atoms. The number of ether oxygens (including phenoxy) is 1. The van der Waals surface area contributed by atoms with Crippen LogP contribution in [0.25, 0.3) is 17.1 Å². The predicted octanol–water partition coefficient (Wildman–Crippen LogP) is 2.51. The van der Waals surface area contributed by atoms with E-state index in [-0.39, 0.29) is 12.3 Å². The minimum absolute atomic E-state index is 0.182. The molecule has 0 amide bonds. The first-order chi connectivity index (χ1) is 10.8. The highest BCUT2D eigenvalue weighted by molar-refractivity contribution is 5.93. The lowest BCUT2D eigenvalue weighted by atomic mass is 10.2. The number of carbonyl (C=O) groups excluding carboxylic acids is 1. The van der Waals surface area contributed by atoms with E-state index in [0.29, 0.717) is 11.4 Å². The largest absolute Gasteiger partial charge is 0.461 e. The molecule has 2 heterocycles. The number of para-hydroxylation sites is 1. The summed E-state index contributed by atoms with van der Waals surface area (Å²) in [6.45, 7) is 2.04. The number of benzene rings is 1. The maximum atomic E-state index is 12.1. The summed E-state index contributed by atoms with van der Waals surface area (Å²) in [6, 6.07) is 11.4. The molecule has 0 aliphatic rings. The molecule has 0 saturated carbocycles. The first kappa shape index (κ1) is 13.9. The van der Waals surface area contributed by atoms with Crippen LogP contribution < -0.4 is 0 Å². The van der Waals surface area contributed by atoms with Crippen LogP contribution in [-0.4, -0.2) is 32.3 Å². The van der Waals surface area contributed by atoms with Gasteiger partial charge in [0.15, 0.2) is 5.69 Å². The van der Waals surface area contributed by atoms with Gasteiger partial charge in [-0.25, -0.2) is 14.5 Å². The second-order valence-corrected chi connectivity index (χ2v) is 4.44. The molecule has 0 bridgehead atoms. The molecule has 3 aromatic rings. The lowest BCUT2D eigenvalue weighted by Crippen LogP contribution is -2.11. The van der Waals surface area contributed by atoms with Crippen LogP contribution in [0.3, 0.4) is 0 Å². The summed E-state index contributed by atoms with van der Waals surface area (Å²) in [5.41, 5.74) is 2.19. The fourth-order valence-electron chi connectivity index (χ4n) is 2.13. The van der Waals surface area contributed by atoms with Gasteiger partial charge in [-0.3, -0.25) is 4.98 Å². The minimum atomic E-state index is -0.494. The maximum absolute atomic E-state index is 12.1. The molecule has 0 unspecified atom stereocenters. The summed E-state index contributed by atoms with van der Waals surface area (Å²) in [5.74, 6) is -0.494. The molecule has 0 atom stereocenters. The lowest BCUT2D eigenvalue weighted by Gasteiger charge is -2.09. The molecule has 2 aromatic heterocycles. The van der Waals surface area contributed by atoms with Crippen LogP contribution in [0.4, 0.5) is 0 Å². The van der Waals surface area contributed by atoms with Gasteiger partial charge in [0.05, 0.1) is 24.2 Å². The number of rotatable bonds is 4. The quantitative estimate of drug-likeness (QED) is 0.691. The van der Waals surface area contributed by atoms with E-state index in [4.69, 9.17) is 4.74 Å². The molecule has 3 rings (SSSR count). The van der Waals surface area contributed by atoms with Gasteiger partial charge >= 0.3 is 5.97 Å². The molecular weight excluding hydrogens is 280 g/mol. The van der Waals surface area contributed by atoms with Crippen molar-refractivity contribution in [3.8, 4) is 17.1 Å². The second kappa shape index (κ2) is 6.17. The molecule has 0 N–H and O–H groups in total. The molecule has 0 fully saturated rings. The normalized spacial score (nSPS) is 10.4. The van der Waals surface area contributed by atoms with Gasteiger partial charge < -0.3 is 4.74 Å². The van der Waals surface area contributed by atoms with E-state index in [1.807, 2.05) is 30.3 Å². The van der Waals surface area contributed by atoms with Crippen LogP contribution in [0.2, 0.25) is 0 Å². The molecule has 6 nitrogen and oxygen atoms in total. The summed E-state index contributed by atoms with van der Waals surface area (Å²) < 4.78 is 6.76. The third-order valence-corrected chi connectivity index (χ3v) is 3.05. The molecule has 0 saturated heterocycles. The summed E-state index contributed by atoms with van der Waals surface area (Å²) in [7, 11) is 0. The first-order valence-electron chi connectivity index (χ1n) is 6.89. The van der Waals surface area contributed by atoms with Gasteiger partial charge in [0.1, 0.15) is 5.69 Å². The van der Waals surface area contributed by atoms with E-state index < -0.39 is 5.97 Å². The zero-order valence-corrected chi connectivity index (χ0v) is 12.0. The number of aromatic nitrogens is 4. The Kier molecular flexibility index (Phi) is 3.91. The van der Waals surface area contributed by atoms with Gasteiger partial charge in [0, 0.05) is 12.4 Å². The Bertz CT molecular complexity index is 784. The molecule has 1 aromatic carbocycles. The number of hydrogen-bond donors (Lipinski definition) is 0. The summed E-state index contributed by atoms with van der Waals surface area (Å²) in [5, 5.41) is 4.31. The Morgan fingerprint density at radius 2 is 1.86 bits per heavy atom. The zero-order valence-electron chi connectivity index (χ0n) is 12.0. The summed E-state index contributed by atoms with van der Waals surface area (Å²) in [6.07, 6.45) is 4.67. The monoisotopic (exact) mass is 294 g/mol. The Balaban J connectivity index is 2.11. The maximum Gasteiger partial charge on any atom is 0.359 e. The second-order valence-electron chi connectivity index (χ2n) is 4.44. The average Bonchev–Trinajstić information content (AvgIpc) is 3.05. The molecule has 0 radical (unpaired) electrons. The van der Waals surface area contributed by atoms with Crippen molar-refractivity contribution >= 4 is 5.97 Å². The first-order valence-corrected chi connectivity index (χ1v) is 6.89. The highest BCUT2D eigenvalue weighted by Crippen LogP contribution is 2.23.